The van der Waals surface area contributed by atoms with E-state index in [4.69, 9.17) is 11.6 Å². The van der Waals surface area contributed by atoms with E-state index in [9.17, 15) is 19.7 Å². The van der Waals surface area contributed by atoms with Crippen molar-refractivity contribution in [3.8, 4) is 0 Å². The van der Waals surface area contributed by atoms with Gasteiger partial charge in [-0.05, 0) is 31.0 Å². The summed E-state index contributed by atoms with van der Waals surface area (Å²) >= 11 is 5.78. The first kappa shape index (κ1) is 21.0. The number of rotatable bonds is 8. The van der Waals surface area contributed by atoms with Gasteiger partial charge in [0.1, 0.15) is 5.02 Å². The monoisotopic (exact) mass is 402 g/mol. The topological polar surface area (TPSA) is 114 Å². The number of nitro benzene ring substituents is 1. The summed E-state index contributed by atoms with van der Waals surface area (Å²) in [5.74, 6) is -0.787. The molecule has 9 heteroatoms. The number of hydrazone groups is 1. The third-order valence-corrected chi connectivity index (χ3v) is 4.05. The van der Waals surface area contributed by atoms with Gasteiger partial charge < -0.3 is 5.32 Å². The van der Waals surface area contributed by atoms with E-state index >= 15 is 0 Å². The van der Waals surface area contributed by atoms with Gasteiger partial charge in [-0.15, -0.1) is 0 Å². The summed E-state index contributed by atoms with van der Waals surface area (Å²) in [6, 6.07) is 13.4. The van der Waals surface area contributed by atoms with Crippen LogP contribution in [0.25, 0.3) is 0 Å². The third-order valence-electron chi connectivity index (χ3n) is 3.75. The van der Waals surface area contributed by atoms with Gasteiger partial charge in [-0.1, -0.05) is 41.9 Å². The van der Waals surface area contributed by atoms with Gasteiger partial charge in [0, 0.05) is 23.9 Å². The number of hydrogen-bond donors (Lipinski definition) is 2. The predicted molar refractivity (Wildman–Crippen MR) is 106 cm³/mol. The molecule has 0 spiro atoms. The number of carbonyl (C=O) groups is 2. The Balaban J connectivity index is 1.81. The number of hydrogen-bond acceptors (Lipinski definition) is 5. The maximum atomic E-state index is 12.0. The highest BCUT2D eigenvalue weighted by Crippen LogP contribution is 2.24. The van der Waals surface area contributed by atoms with Crippen molar-refractivity contribution in [1.29, 1.82) is 0 Å². The number of nitro groups is 1. The summed E-state index contributed by atoms with van der Waals surface area (Å²) in [6.45, 7) is 2.11. The van der Waals surface area contributed by atoms with Crippen LogP contribution in [0.1, 0.15) is 29.3 Å². The molecule has 2 aromatic carbocycles. The molecule has 0 fully saturated rings. The fourth-order valence-electron chi connectivity index (χ4n) is 2.33. The Hall–Kier alpha value is -3.26. The second-order valence-corrected chi connectivity index (χ2v) is 6.38. The van der Waals surface area contributed by atoms with E-state index in [-0.39, 0.29) is 28.6 Å². The molecule has 2 amide bonds. The lowest BCUT2D eigenvalue weighted by atomic mass is 10.1. The van der Waals surface area contributed by atoms with E-state index < -0.39 is 10.8 Å². The molecule has 2 rings (SSSR count). The lowest BCUT2D eigenvalue weighted by Crippen LogP contribution is -2.28. The van der Waals surface area contributed by atoms with Gasteiger partial charge in [-0.3, -0.25) is 19.7 Å². The number of amides is 2. The Labute approximate surface area is 166 Å². The number of nitrogens with one attached hydrogen (secondary N) is 2. The summed E-state index contributed by atoms with van der Waals surface area (Å²) in [5.41, 5.74) is 3.68. The predicted octanol–water partition coefficient (Wildman–Crippen LogP) is 3.10. The van der Waals surface area contributed by atoms with E-state index in [1.165, 1.54) is 12.1 Å². The maximum absolute atomic E-state index is 12.0. The Morgan fingerprint density at radius 3 is 2.54 bits per heavy atom. The number of nitrogens with zero attached hydrogens (tertiary/aromatic N) is 2. The smallest absolute Gasteiger partial charge is 0.287 e. The van der Waals surface area contributed by atoms with Crippen LogP contribution in [0, 0.1) is 10.1 Å². The highest BCUT2D eigenvalue weighted by molar-refractivity contribution is 6.33. The second kappa shape index (κ2) is 10.2. The third kappa shape index (κ3) is 6.48. The molecule has 0 aliphatic rings. The van der Waals surface area contributed by atoms with Crippen LogP contribution in [0.5, 0.6) is 0 Å². The molecule has 146 valence electrons. The largest absolute Gasteiger partial charge is 0.355 e. The van der Waals surface area contributed by atoms with Gasteiger partial charge in [0.05, 0.1) is 11.3 Å². The first-order valence-electron chi connectivity index (χ1n) is 8.45. The fraction of sp³-hybridized carbons (Fsp3) is 0.211. The van der Waals surface area contributed by atoms with Crippen molar-refractivity contribution in [1.82, 2.24) is 10.7 Å². The normalized spacial score (nSPS) is 11.0. The average molecular weight is 403 g/mol. The van der Waals surface area contributed by atoms with E-state index in [1.54, 1.807) is 6.92 Å². The molecule has 0 aromatic heterocycles. The number of benzene rings is 2. The van der Waals surface area contributed by atoms with Gasteiger partial charge in [-0.2, -0.15) is 5.10 Å². The zero-order chi connectivity index (χ0) is 20.5. The van der Waals surface area contributed by atoms with Crippen LogP contribution in [0.3, 0.4) is 0 Å². The van der Waals surface area contributed by atoms with Gasteiger partial charge in [0.2, 0.25) is 5.91 Å². The fourth-order valence-corrected chi connectivity index (χ4v) is 2.58. The standard InChI is InChI=1S/C19H19ClN4O4/c1-13(11-18(25)21-10-9-14-5-3-2-4-6-14)22-23-19(26)15-7-8-17(24(27)28)16(20)12-15/h2-8,12H,9-11H2,1H3,(H,21,25)(H,23,26). The minimum atomic E-state index is -0.636. The van der Waals surface area contributed by atoms with Crippen LogP contribution in [-0.4, -0.2) is 29.0 Å². The molecule has 0 atom stereocenters. The van der Waals surface area contributed by atoms with Crippen LogP contribution in [0.2, 0.25) is 5.02 Å². The quantitative estimate of drug-likeness (QED) is 0.401. The second-order valence-electron chi connectivity index (χ2n) is 5.97. The lowest BCUT2D eigenvalue weighted by molar-refractivity contribution is -0.384. The molecule has 0 saturated carbocycles. The molecule has 2 N–H and O–H groups in total. The summed E-state index contributed by atoms with van der Waals surface area (Å²) in [7, 11) is 0. The molecule has 0 bridgehead atoms. The van der Waals surface area contributed by atoms with Gasteiger partial charge >= 0.3 is 0 Å². The van der Waals surface area contributed by atoms with E-state index in [0.29, 0.717) is 12.3 Å². The Morgan fingerprint density at radius 2 is 1.89 bits per heavy atom. The zero-order valence-electron chi connectivity index (χ0n) is 15.1. The van der Waals surface area contributed by atoms with Crippen LogP contribution < -0.4 is 10.7 Å². The van der Waals surface area contributed by atoms with Crippen molar-refractivity contribution in [3.63, 3.8) is 0 Å². The molecule has 0 heterocycles. The molecule has 28 heavy (non-hydrogen) atoms. The van der Waals surface area contributed by atoms with Crippen molar-refractivity contribution >= 4 is 34.8 Å². The van der Waals surface area contributed by atoms with Crippen LogP contribution >= 0.6 is 11.6 Å². The molecule has 0 aliphatic heterocycles. The van der Waals surface area contributed by atoms with E-state index in [1.807, 2.05) is 30.3 Å². The van der Waals surface area contributed by atoms with E-state index in [0.717, 1.165) is 18.1 Å². The highest BCUT2D eigenvalue weighted by Gasteiger charge is 2.15. The van der Waals surface area contributed by atoms with Crippen LogP contribution in [-0.2, 0) is 11.2 Å². The minimum Gasteiger partial charge on any atom is -0.355 e. The highest BCUT2D eigenvalue weighted by atomic mass is 35.5. The minimum absolute atomic E-state index is 0.0378. The van der Waals surface area contributed by atoms with Crippen LogP contribution in [0.15, 0.2) is 53.6 Å². The molecular weight excluding hydrogens is 384 g/mol. The Bertz CT molecular complexity index is 900. The van der Waals surface area contributed by atoms with E-state index in [2.05, 4.69) is 15.8 Å². The Morgan fingerprint density at radius 1 is 1.18 bits per heavy atom. The first-order chi connectivity index (χ1) is 13.4. The lowest BCUT2D eigenvalue weighted by Gasteiger charge is -2.06. The Kier molecular flexibility index (Phi) is 7.65. The summed E-state index contributed by atoms with van der Waals surface area (Å²) < 4.78 is 0. The molecule has 0 saturated heterocycles. The summed E-state index contributed by atoms with van der Waals surface area (Å²) in [4.78, 5) is 34.1. The van der Waals surface area contributed by atoms with Gasteiger partial charge in [0.25, 0.3) is 11.6 Å². The molecule has 0 unspecified atom stereocenters. The molecule has 2 aromatic rings. The molecule has 0 aliphatic carbocycles. The van der Waals surface area contributed by atoms with Crippen molar-refractivity contribution in [2.45, 2.75) is 19.8 Å². The summed E-state index contributed by atoms with van der Waals surface area (Å²) in [6.07, 6.45) is 0.760. The van der Waals surface area contributed by atoms with Crippen molar-refractivity contribution < 1.29 is 14.5 Å². The first-order valence-corrected chi connectivity index (χ1v) is 8.82. The molecule has 8 nitrogen and oxygen atoms in total. The van der Waals surface area contributed by atoms with Crippen molar-refractivity contribution in [2.75, 3.05) is 6.54 Å². The maximum Gasteiger partial charge on any atom is 0.287 e. The zero-order valence-corrected chi connectivity index (χ0v) is 15.9. The SMILES string of the molecule is CC(CC(=O)NCCc1ccccc1)=NNC(=O)c1ccc([N+](=O)[O-])c(Cl)c1. The molecule has 0 radical (unpaired) electrons. The van der Waals surface area contributed by atoms with Crippen molar-refractivity contribution in [2.24, 2.45) is 5.10 Å². The van der Waals surface area contributed by atoms with Gasteiger partial charge in [0.15, 0.2) is 0 Å². The van der Waals surface area contributed by atoms with Gasteiger partial charge in [-0.25, -0.2) is 5.43 Å². The van der Waals surface area contributed by atoms with Crippen molar-refractivity contribution in [3.05, 3.63) is 74.8 Å². The average Bonchev–Trinajstić information content (AvgIpc) is 2.66. The molecular formula is C19H19ClN4O4. The summed E-state index contributed by atoms with van der Waals surface area (Å²) in [5, 5.41) is 17.3. The number of halogens is 1. The van der Waals surface area contributed by atoms with Crippen LogP contribution in [0.4, 0.5) is 5.69 Å². The number of carbonyl (C=O) groups excluding carboxylic acids is 2.